The van der Waals surface area contributed by atoms with E-state index in [2.05, 4.69) is 31.9 Å². The molecule has 0 saturated heterocycles. The van der Waals surface area contributed by atoms with Crippen LogP contribution in [-0.2, 0) is 4.79 Å². The Morgan fingerprint density at radius 1 is 1.03 bits per heavy atom. The molecule has 3 atom stereocenters. The van der Waals surface area contributed by atoms with Crippen LogP contribution in [0.25, 0.3) is 0 Å². The number of amides is 1. The number of nitrogens with one attached hydrogen (secondary N) is 3. The second-order valence-electron chi connectivity index (χ2n) is 9.23. The number of hydrogen-bond acceptors (Lipinski definition) is 5. The summed E-state index contributed by atoms with van der Waals surface area (Å²) >= 11 is 3.21. The first-order chi connectivity index (χ1) is 17.3. The van der Waals surface area contributed by atoms with Crippen molar-refractivity contribution in [3.8, 4) is 11.5 Å². The number of ether oxygens (including phenoxy) is 2. The van der Waals surface area contributed by atoms with Crippen molar-refractivity contribution in [1.29, 1.82) is 0 Å². The molecule has 2 aromatic carbocycles. The molecule has 206 valence electrons. The summed E-state index contributed by atoms with van der Waals surface area (Å²) in [5, 5.41) is 8.32. The molecule has 3 N–H and O–H groups in total. The molecule has 0 unspecified atom stereocenters. The fourth-order valence-corrected chi connectivity index (χ4v) is 3.99. The largest absolute Gasteiger partial charge is 0.497 e. The van der Waals surface area contributed by atoms with Gasteiger partial charge < -0.3 is 20.1 Å². The summed E-state index contributed by atoms with van der Waals surface area (Å²) in [6, 6.07) is 6.76. The van der Waals surface area contributed by atoms with Gasteiger partial charge in [0.25, 0.3) is 0 Å². The van der Waals surface area contributed by atoms with Crippen LogP contribution in [0.3, 0.4) is 0 Å². The molecule has 0 aliphatic carbocycles. The Hall–Kier alpha value is -2.53. The van der Waals surface area contributed by atoms with Gasteiger partial charge in [-0.25, -0.2) is 4.39 Å². The van der Waals surface area contributed by atoms with Crippen LogP contribution in [0.15, 0.2) is 46.9 Å². The maximum Gasteiger partial charge on any atom is 0.407 e. The Kier molecular flexibility index (Phi) is 11.0. The molecule has 37 heavy (non-hydrogen) atoms. The molecule has 0 aromatic heterocycles. The van der Waals surface area contributed by atoms with Crippen LogP contribution in [0.4, 0.5) is 23.2 Å². The molecule has 2 aromatic rings. The molecule has 0 aliphatic heterocycles. The van der Waals surface area contributed by atoms with Crippen LogP contribution in [0.2, 0.25) is 0 Å². The predicted molar refractivity (Wildman–Crippen MR) is 140 cm³/mol. The first-order valence-electron chi connectivity index (χ1n) is 11.8. The van der Waals surface area contributed by atoms with Gasteiger partial charge in [0, 0.05) is 29.5 Å². The Morgan fingerprint density at radius 3 is 2.19 bits per heavy atom. The van der Waals surface area contributed by atoms with Gasteiger partial charge in [-0.05, 0) is 50.1 Å². The lowest BCUT2D eigenvalue weighted by Crippen LogP contribution is -2.53. The number of methoxy groups -OCH3 is 2. The number of anilines is 1. The maximum absolute atomic E-state index is 14.6. The highest BCUT2D eigenvalue weighted by molar-refractivity contribution is 9.10. The number of carbonyl (C=O) groups is 1. The third-order valence-corrected chi connectivity index (χ3v) is 6.22. The summed E-state index contributed by atoms with van der Waals surface area (Å²) in [4.78, 5) is 13.2. The van der Waals surface area contributed by atoms with Crippen molar-refractivity contribution in [2.24, 2.45) is 0 Å². The van der Waals surface area contributed by atoms with E-state index < -0.39 is 42.3 Å². The Bertz CT molecular complexity index is 1010. The first kappa shape index (κ1) is 30.7. The van der Waals surface area contributed by atoms with Gasteiger partial charge >= 0.3 is 6.18 Å². The zero-order valence-corrected chi connectivity index (χ0v) is 23.1. The van der Waals surface area contributed by atoms with Gasteiger partial charge in [0.15, 0.2) is 0 Å². The Morgan fingerprint density at radius 2 is 1.68 bits per heavy atom. The number of benzene rings is 2. The maximum atomic E-state index is 14.6. The normalized spacial score (nSPS) is 14.4. The molecule has 0 aliphatic rings. The van der Waals surface area contributed by atoms with Crippen molar-refractivity contribution in [1.82, 2.24) is 10.6 Å². The van der Waals surface area contributed by atoms with Crippen molar-refractivity contribution in [3.05, 3.63) is 52.5 Å². The van der Waals surface area contributed by atoms with Crippen LogP contribution in [-0.4, -0.2) is 50.6 Å². The fraction of sp³-hybridized carbons (Fsp3) is 0.500. The molecule has 0 spiro atoms. The van der Waals surface area contributed by atoms with Crippen molar-refractivity contribution < 1.29 is 31.8 Å². The van der Waals surface area contributed by atoms with Crippen molar-refractivity contribution >= 4 is 27.5 Å². The van der Waals surface area contributed by atoms with E-state index in [0.717, 1.165) is 0 Å². The van der Waals surface area contributed by atoms with Gasteiger partial charge in [0.05, 0.1) is 25.9 Å². The lowest BCUT2D eigenvalue weighted by molar-refractivity contribution is -0.161. The summed E-state index contributed by atoms with van der Waals surface area (Å²) < 4.78 is 67.7. The van der Waals surface area contributed by atoms with Crippen molar-refractivity contribution in [2.75, 3.05) is 26.1 Å². The van der Waals surface area contributed by atoms with Gasteiger partial charge in [-0.3, -0.25) is 10.1 Å². The zero-order chi connectivity index (χ0) is 27.8. The summed E-state index contributed by atoms with van der Waals surface area (Å²) in [6.07, 6.45) is -4.67. The molecule has 0 fully saturated rings. The molecule has 0 saturated carbocycles. The monoisotopic (exact) mass is 591 g/mol. The Balaban J connectivity index is 2.20. The standard InChI is InChI=1S/C26H34BrF4N3O3/c1-6-18(15-32-20-12-11-19(36-4)13-22(20)37-5)33-24(35)21(14-25(2,3)28)34-23(26(29,30)31)16-7-9-17(27)10-8-16/h7-13,18,21,23,32,34H,6,14-15H2,1-5H3,(H,33,35)/t18-,21-,23-/m0/s1. The molecule has 0 bridgehead atoms. The molecule has 6 nitrogen and oxygen atoms in total. The first-order valence-corrected chi connectivity index (χ1v) is 12.6. The summed E-state index contributed by atoms with van der Waals surface area (Å²) in [7, 11) is 3.05. The van der Waals surface area contributed by atoms with E-state index in [9.17, 15) is 22.4 Å². The van der Waals surface area contributed by atoms with E-state index in [1.807, 2.05) is 6.92 Å². The van der Waals surface area contributed by atoms with Gasteiger partial charge in [-0.15, -0.1) is 0 Å². The minimum atomic E-state index is -4.70. The zero-order valence-electron chi connectivity index (χ0n) is 21.5. The van der Waals surface area contributed by atoms with Crippen LogP contribution in [0, 0.1) is 0 Å². The topological polar surface area (TPSA) is 71.6 Å². The third-order valence-electron chi connectivity index (χ3n) is 5.69. The highest BCUT2D eigenvalue weighted by Gasteiger charge is 2.44. The summed E-state index contributed by atoms with van der Waals surface area (Å²) in [5.74, 6) is 0.421. The van der Waals surface area contributed by atoms with Crippen LogP contribution in [0.1, 0.15) is 45.2 Å². The van der Waals surface area contributed by atoms with Crippen LogP contribution >= 0.6 is 15.9 Å². The molecule has 2 rings (SSSR count). The van der Waals surface area contributed by atoms with Gasteiger partial charge in [0.2, 0.25) is 5.91 Å². The van der Waals surface area contributed by atoms with Gasteiger partial charge in [-0.2, -0.15) is 13.2 Å². The average molecular weight is 592 g/mol. The van der Waals surface area contributed by atoms with Crippen molar-refractivity contribution in [2.45, 2.75) is 63.6 Å². The van der Waals surface area contributed by atoms with E-state index in [0.29, 0.717) is 28.1 Å². The second kappa shape index (κ2) is 13.3. The van der Waals surface area contributed by atoms with E-state index in [-0.39, 0.29) is 12.1 Å². The quantitative estimate of drug-likeness (QED) is 0.243. The predicted octanol–water partition coefficient (Wildman–Crippen LogP) is 6.17. The Labute approximate surface area is 223 Å². The number of alkyl halides is 4. The van der Waals surface area contributed by atoms with E-state index in [4.69, 9.17) is 9.47 Å². The number of halogens is 5. The highest BCUT2D eigenvalue weighted by Crippen LogP contribution is 2.34. The molecular formula is C26H34BrF4N3O3. The number of rotatable bonds is 13. The number of hydrogen-bond donors (Lipinski definition) is 3. The molecular weight excluding hydrogens is 558 g/mol. The molecule has 1 amide bonds. The SMILES string of the molecule is CC[C@@H](CNc1ccc(OC)cc1OC)NC(=O)[C@H](CC(C)(C)F)N[C@@H](c1ccc(Br)cc1)C(F)(F)F. The smallest absolute Gasteiger partial charge is 0.407 e. The lowest BCUT2D eigenvalue weighted by Gasteiger charge is -2.31. The van der Waals surface area contributed by atoms with Gasteiger partial charge in [0.1, 0.15) is 23.2 Å². The average Bonchev–Trinajstić information content (AvgIpc) is 2.83. The molecule has 0 heterocycles. The minimum Gasteiger partial charge on any atom is -0.497 e. The second-order valence-corrected chi connectivity index (χ2v) is 10.1. The van der Waals surface area contributed by atoms with E-state index in [1.54, 1.807) is 18.2 Å². The summed E-state index contributed by atoms with van der Waals surface area (Å²) in [5.41, 5.74) is -1.31. The number of carbonyl (C=O) groups excluding carboxylic acids is 1. The highest BCUT2D eigenvalue weighted by atomic mass is 79.9. The lowest BCUT2D eigenvalue weighted by atomic mass is 9.97. The van der Waals surface area contributed by atoms with Crippen LogP contribution < -0.4 is 25.4 Å². The fourth-order valence-electron chi connectivity index (χ4n) is 3.73. The van der Waals surface area contributed by atoms with Crippen LogP contribution in [0.5, 0.6) is 11.5 Å². The molecule has 11 heteroatoms. The van der Waals surface area contributed by atoms with Gasteiger partial charge in [-0.1, -0.05) is 35.0 Å². The third kappa shape index (κ3) is 9.70. The van der Waals surface area contributed by atoms with Crippen molar-refractivity contribution in [3.63, 3.8) is 0 Å². The van der Waals surface area contributed by atoms with E-state index in [1.165, 1.54) is 52.3 Å². The van der Waals surface area contributed by atoms with E-state index >= 15 is 0 Å². The minimum absolute atomic E-state index is 0.0783. The molecule has 0 radical (unpaired) electrons. The summed E-state index contributed by atoms with van der Waals surface area (Å²) in [6.45, 7) is 4.56.